The highest BCUT2D eigenvalue weighted by molar-refractivity contribution is 5.91. The van der Waals surface area contributed by atoms with Crippen molar-refractivity contribution in [1.29, 1.82) is 0 Å². The molecule has 1 rings (SSSR count). The second-order valence-corrected chi connectivity index (χ2v) is 3.88. The molecule has 4 N–H and O–H groups in total. The van der Waals surface area contributed by atoms with E-state index in [1.807, 2.05) is 0 Å². The Kier molecular flexibility index (Phi) is 4.36. The van der Waals surface area contributed by atoms with Gasteiger partial charge in [-0.3, -0.25) is 4.79 Å². The Hall–Kier alpha value is -1.73. The average Bonchev–Trinajstić information content (AvgIpc) is 2.38. The minimum Gasteiger partial charge on any atom is -0.394 e. The number of nitrogens with zero attached hydrogens (tertiary/aromatic N) is 2. The zero-order valence-corrected chi connectivity index (χ0v) is 9.77. The summed E-state index contributed by atoms with van der Waals surface area (Å²) in [6, 6.07) is 3.06. The summed E-state index contributed by atoms with van der Waals surface area (Å²) in [6.45, 7) is 1.14. The van der Waals surface area contributed by atoms with Crippen LogP contribution >= 0.6 is 0 Å². The molecule has 0 spiro atoms. The number of aliphatic hydroxyl groups is 2. The smallest absolute Gasteiger partial charge is 0.271 e. The number of aliphatic hydroxyl groups excluding tert-OH is 2. The number of hydrogen-bond donors (Lipinski definition) is 4. The molecule has 94 valence electrons. The van der Waals surface area contributed by atoms with Crippen molar-refractivity contribution in [2.24, 2.45) is 0 Å². The molecular weight excluding hydrogens is 224 g/mol. The topological polar surface area (TPSA) is 107 Å². The third kappa shape index (κ3) is 3.36. The van der Waals surface area contributed by atoms with E-state index < -0.39 is 5.54 Å². The highest BCUT2D eigenvalue weighted by atomic mass is 16.3. The van der Waals surface area contributed by atoms with Gasteiger partial charge in [-0.15, -0.1) is 10.2 Å². The molecule has 17 heavy (non-hydrogen) atoms. The van der Waals surface area contributed by atoms with Crippen molar-refractivity contribution in [2.75, 3.05) is 25.6 Å². The van der Waals surface area contributed by atoms with Gasteiger partial charge in [0.25, 0.3) is 5.91 Å². The lowest BCUT2D eigenvalue weighted by Crippen LogP contribution is -2.42. The molecule has 1 amide bonds. The highest BCUT2D eigenvalue weighted by Crippen LogP contribution is 2.11. The summed E-state index contributed by atoms with van der Waals surface area (Å²) >= 11 is 0. The Balaban J connectivity index is 2.78. The summed E-state index contributed by atoms with van der Waals surface area (Å²) in [4.78, 5) is 11.2. The van der Waals surface area contributed by atoms with E-state index in [9.17, 15) is 4.79 Å². The van der Waals surface area contributed by atoms with Gasteiger partial charge in [-0.05, 0) is 19.1 Å². The van der Waals surface area contributed by atoms with Gasteiger partial charge in [0.05, 0.1) is 18.8 Å². The van der Waals surface area contributed by atoms with E-state index in [2.05, 4.69) is 20.8 Å². The Morgan fingerprint density at radius 1 is 1.35 bits per heavy atom. The molecule has 0 aliphatic carbocycles. The highest BCUT2D eigenvalue weighted by Gasteiger charge is 2.22. The fourth-order valence-electron chi connectivity index (χ4n) is 1.09. The lowest BCUT2D eigenvalue weighted by molar-refractivity contribution is 0.0957. The molecule has 1 aromatic heterocycles. The van der Waals surface area contributed by atoms with Gasteiger partial charge in [0.2, 0.25) is 0 Å². The maximum Gasteiger partial charge on any atom is 0.271 e. The normalized spacial score (nSPS) is 11.1. The van der Waals surface area contributed by atoms with Crippen LogP contribution in [-0.4, -0.2) is 52.1 Å². The van der Waals surface area contributed by atoms with Crippen molar-refractivity contribution >= 4 is 11.7 Å². The molecule has 0 saturated heterocycles. The molecule has 7 nitrogen and oxygen atoms in total. The van der Waals surface area contributed by atoms with Crippen LogP contribution in [0.4, 0.5) is 5.82 Å². The van der Waals surface area contributed by atoms with E-state index >= 15 is 0 Å². The third-order valence-corrected chi connectivity index (χ3v) is 2.25. The maximum atomic E-state index is 11.2. The van der Waals surface area contributed by atoms with E-state index in [-0.39, 0.29) is 24.8 Å². The number of nitrogens with one attached hydrogen (secondary N) is 2. The number of amides is 1. The van der Waals surface area contributed by atoms with E-state index in [0.29, 0.717) is 5.82 Å². The number of carbonyl (C=O) groups is 1. The number of hydrogen-bond acceptors (Lipinski definition) is 6. The summed E-state index contributed by atoms with van der Waals surface area (Å²) in [5.41, 5.74) is -0.670. The lowest BCUT2D eigenvalue weighted by atomic mass is 10.1. The molecule has 0 aromatic carbocycles. The van der Waals surface area contributed by atoms with Gasteiger partial charge in [-0.2, -0.15) is 0 Å². The monoisotopic (exact) mass is 240 g/mol. The Bertz CT molecular complexity index is 376. The van der Waals surface area contributed by atoms with Crippen LogP contribution < -0.4 is 10.6 Å². The first kappa shape index (κ1) is 13.3. The molecular formula is C10H16N4O3. The molecule has 7 heteroatoms. The van der Waals surface area contributed by atoms with Crippen LogP contribution in [0, 0.1) is 0 Å². The summed E-state index contributed by atoms with van der Waals surface area (Å²) in [5.74, 6) is 0.0550. The Labute approximate surface area is 98.9 Å². The summed E-state index contributed by atoms with van der Waals surface area (Å²) < 4.78 is 0. The number of carbonyl (C=O) groups excluding carboxylic acids is 1. The number of anilines is 1. The van der Waals surface area contributed by atoms with Crippen LogP contribution in [0.1, 0.15) is 17.4 Å². The first-order valence-electron chi connectivity index (χ1n) is 5.10. The SMILES string of the molecule is CNC(=O)c1ccc(NC(C)(CO)CO)nn1. The summed E-state index contributed by atoms with van der Waals surface area (Å²) in [7, 11) is 1.50. The molecule has 0 fully saturated rings. The van der Waals surface area contributed by atoms with Crippen molar-refractivity contribution in [1.82, 2.24) is 15.5 Å². The Morgan fingerprint density at radius 3 is 2.41 bits per heavy atom. The van der Waals surface area contributed by atoms with Crippen LogP contribution in [0.5, 0.6) is 0 Å². The average molecular weight is 240 g/mol. The predicted octanol–water partition coefficient (Wildman–Crippen LogP) is -1.01. The van der Waals surface area contributed by atoms with Gasteiger partial charge in [-0.1, -0.05) is 0 Å². The molecule has 0 aliphatic rings. The second-order valence-electron chi connectivity index (χ2n) is 3.88. The minimum absolute atomic E-state index is 0.202. The van der Waals surface area contributed by atoms with Crippen molar-refractivity contribution in [2.45, 2.75) is 12.5 Å². The van der Waals surface area contributed by atoms with Gasteiger partial charge in [0.15, 0.2) is 5.69 Å². The van der Waals surface area contributed by atoms with E-state index in [1.165, 1.54) is 13.1 Å². The zero-order valence-electron chi connectivity index (χ0n) is 9.77. The summed E-state index contributed by atoms with van der Waals surface area (Å²) in [5, 5.41) is 30.9. The maximum absolute atomic E-state index is 11.2. The standard InChI is InChI=1S/C10H16N4O3/c1-10(5-15,6-16)12-8-4-3-7(13-14-8)9(17)11-2/h3-4,15-16H,5-6H2,1-2H3,(H,11,17)(H,12,14). The van der Waals surface area contributed by atoms with Gasteiger partial charge < -0.3 is 20.8 Å². The van der Waals surface area contributed by atoms with Crippen molar-refractivity contribution in [3.8, 4) is 0 Å². The largest absolute Gasteiger partial charge is 0.394 e. The van der Waals surface area contributed by atoms with Crippen LogP contribution in [0.3, 0.4) is 0 Å². The van der Waals surface area contributed by atoms with Gasteiger partial charge in [0, 0.05) is 7.05 Å². The molecule has 0 aliphatic heterocycles. The first-order valence-corrected chi connectivity index (χ1v) is 5.10. The lowest BCUT2D eigenvalue weighted by Gasteiger charge is -2.26. The van der Waals surface area contributed by atoms with Gasteiger partial charge in [-0.25, -0.2) is 0 Å². The van der Waals surface area contributed by atoms with Crippen LogP contribution in [0.2, 0.25) is 0 Å². The van der Waals surface area contributed by atoms with Gasteiger partial charge in [0.1, 0.15) is 5.82 Å². The predicted molar refractivity (Wildman–Crippen MR) is 61.6 cm³/mol. The van der Waals surface area contributed by atoms with E-state index in [1.54, 1.807) is 13.0 Å². The van der Waals surface area contributed by atoms with Crippen molar-refractivity contribution < 1.29 is 15.0 Å². The van der Waals surface area contributed by atoms with Crippen LogP contribution in [0.15, 0.2) is 12.1 Å². The number of aromatic nitrogens is 2. The summed E-state index contributed by atoms with van der Waals surface area (Å²) in [6.07, 6.45) is 0. The molecule has 1 heterocycles. The zero-order chi connectivity index (χ0) is 12.9. The van der Waals surface area contributed by atoms with Crippen LogP contribution in [0.25, 0.3) is 0 Å². The quantitative estimate of drug-likeness (QED) is 0.525. The number of rotatable bonds is 5. The van der Waals surface area contributed by atoms with Crippen molar-refractivity contribution in [3.05, 3.63) is 17.8 Å². The molecule has 0 saturated carbocycles. The minimum atomic E-state index is -0.872. The fourth-order valence-corrected chi connectivity index (χ4v) is 1.09. The van der Waals surface area contributed by atoms with Crippen LogP contribution in [-0.2, 0) is 0 Å². The molecule has 0 bridgehead atoms. The van der Waals surface area contributed by atoms with Gasteiger partial charge >= 0.3 is 0 Å². The Morgan fingerprint density at radius 2 is 2.00 bits per heavy atom. The fraction of sp³-hybridized carbons (Fsp3) is 0.500. The molecule has 0 unspecified atom stereocenters. The third-order valence-electron chi connectivity index (χ3n) is 2.25. The first-order chi connectivity index (χ1) is 8.04. The van der Waals surface area contributed by atoms with E-state index in [4.69, 9.17) is 10.2 Å². The molecule has 1 aromatic rings. The van der Waals surface area contributed by atoms with E-state index in [0.717, 1.165) is 0 Å². The van der Waals surface area contributed by atoms with Crippen molar-refractivity contribution in [3.63, 3.8) is 0 Å². The second kappa shape index (κ2) is 5.55. The molecule has 0 radical (unpaired) electrons. The molecule has 0 atom stereocenters.